The number of carbonyl (C=O) groups is 1. The van der Waals surface area contributed by atoms with E-state index >= 15 is 0 Å². The largest absolute Gasteiger partial charge is 0.335 e. The van der Waals surface area contributed by atoms with Crippen molar-refractivity contribution in [3.63, 3.8) is 0 Å². The van der Waals surface area contributed by atoms with Crippen LogP contribution in [0.1, 0.15) is 37.6 Å². The Labute approximate surface area is 182 Å². The van der Waals surface area contributed by atoms with Crippen molar-refractivity contribution in [2.45, 2.75) is 50.5 Å². The highest BCUT2D eigenvalue weighted by Crippen LogP contribution is 2.30. The number of hydrogen-bond acceptors (Lipinski definition) is 6. The van der Waals surface area contributed by atoms with E-state index in [-0.39, 0.29) is 35.1 Å². The quantitative estimate of drug-likeness (QED) is 0.433. The minimum Gasteiger partial charge on any atom is -0.335 e. The van der Waals surface area contributed by atoms with Crippen LogP contribution in [0.2, 0.25) is 0 Å². The maximum atomic E-state index is 12.9. The first-order chi connectivity index (χ1) is 14.3. The molecule has 0 saturated carbocycles. The van der Waals surface area contributed by atoms with E-state index in [1.807, 2.05) is 53.6 Å². The molecule has 1 aliphatic rings. The Balaban J connectivity index is 1.71. The van der Waals surface area contributed by atoms with Gasteiger partial charge in [0.05, 0.1) is 17.3 Å². The van der Waals surface area contributed by atoms with E-state index in [2.05, 4.69) is 16.8 Å². The van der Waals surface area contributed by atoms with E-state index in [0.717, 1.165) is 5.56 Å². The number of rotatable bonds is 9. The third-order valence-electron chi connectivity index (χ3n) is 5.12. The number of hydrogen-bond donors (Lipinski definition) is 0. The lowest BCUT2D eigenvalue weighted by Gasteiger charge is -2.27. The zero-order chi connectivity index (χ0) is 21.7. The fourth-order valence-corrected chi connectivity index (χ4v) is 6.14. The normalized spacial score (nSPS) is 17.9. The molecule has 1 fully saturated rings. The molecule has 3 rings (SSSR count). The van der Waals surface area contributed by atoms with Gasteiger partial charge < -0.3 is 9.47 Å². The summed E-state index contributed by atoms with van der Waals surface area (Å²) in [6, 6.07) is 9.99. The van der Waals surface area contributed by atoms with Gasteiger partial charge in [-0.15, -0.1) is 16.8 Å². The molecule has 1 saturated heterocycles. The lowest BCUT2D eigenvalue weighted by Crippen LogP contribution is -2.37. The van der Waals surface area contributed by atoms with Crippen LogP contribution in [0.25, 0.3) is 0 Å². The fourth-order valence-electron chi connectivity index (χ4n) is 3.56. The van der Waals surface area contributed by atoms with E-state index in [9.17, 15) is 13.2 Å². The second-order valence-corrected chi connectivity index (χ2v) is 10.9. The van der Waals surface area contributed by atoms with Crippen LogP contribution in [0.4, 0.5) is 0 Å². The molecular weight excluding hydrogens is 420 g/mol. The average molecular weight is 449 g/mol. The van der Waals surface area contributed by atoms with Crippen molar-refractivity contribution in [3.05, 3.63) is 54.4 Å². The standard InChI is InChI=1S/C21H28N4O3S2/c1-4-11-24-20(18-10-12-30(27,28)15-18)22-23-21(24)29-14-19(26)25(16(2)3)13-17-8-6-5-7-9-17/h4-9,16,18H,1,10-15H2,2-3H3. The second kappa shape index (κ2) is 9.78. The fraction of sp³-hybridized carbons (Fsp3) is 0.476. The first kappa shape index (κ1) is 22.6. The SMILES string of the molecule is C=CCn1c(SCC(=O)N(Cc2ccccc2)C(C)C)nnc1C1CCS(=O)(=O)C1. The third-order valence-corrected chi connectivity index (χ3v) is 7.84. The monoisotopic (exact) mass is 448 g/mol. The van der Waals surface area contributed by atoms with Gasteiger partial charge in [0.25, 0.3) is 0 Å². The molecule has 1 unspecified atom stereocenters. The minimum atomic E-state index is -3.02. The van der Waals surface area contributed by atoms with Gasteiger partial charge in [-0.1, -0.05) is 48.2 Å². The molecular formula is C21H28N4O3S2. The van der Waals surface area contributed by atoms with Crippen molar-refractivity contribution in [2.24, 2.45) is 0 Å². The van der Waals surface area contributed by atoms with Crippen LogP contribution in [-0.2, 0) is 27.7 Å². The van der Waals surface area contributed by atoms with Gasteiger partial charge in [0.15, 0.2) is 15.0 Å². The highest BCUT2D eigenvalue weighted by atomic mass is 32.2. The summed E-state index contributed by atoms with van der Waals surface area (Å²) in [7, 11) is -3.02. The minimum absolute atomic E-state index is 0.0250. The van der Waals surface area contributed by atoms with Crippen molar-refractivity contribution in [1.82, 2.24) is 19.7 Å². The smallest absolute Gasteiger partial charge is 0.233 e. The Kier molecular flexibility index (Phi) is 7.36. The highest BCUT2D eigenvalue weighted by Gasteiger charge is 2.33. The maximum Gasteiger partial charge on any atom is 0.233 e. The molecule has 2 heterocycles. The van der Waals surface area contributed by atoms with Gasteiger partial charge in [-0.25, -0.2) is 8.42 Å². The van der Waals surface area contributed by atoms with Gasteiger partial charge in [0.1, 0.15) is 5.82 Å². The number of thioether (sulfide) groups is 1. The highest BCUT2D eigenvalue weighted by molar-refractivity contribution is 7.99. The van der Waals surface area contributed by atoms with Gasteiger partial charge in [-0.3, -0.25) is 4.79 Å². The first-order valence-electron chi connectivity index (χ1n) is 10.0. The van der Waals surface area contributed by atoms with E-state index in [0.29, 0.717) is 30.5 Å². The lowest BCUT2D eigenvalue weighted by molar-refractivity contribution is -0.130. The average Bonchev–Trinajstić information content (AvgIpc) is 3.27. The van der Waals surface area contributed by atoms with Crippen molar-refractivity contribution in [3.8, 4) is 0 Å². The van der Waals surface area contributed by atoms with Crippen LogP contribution >= 0.6 is 11.8 Å². The van der Waals surface area contributed by atoms with Crippen molar-refractivity contribution < 1.29 is 13.2 Å². The zero-order valence-corrected chi connectivity index (χ0v) is 19.0. The number of benzene rings is 1. The van der Waals surface area contributed by atoms with Crippen LogP contribution in [-0.4, -0.2) is 57.3 Å². The summed E-state index contributed by atoms with van der Waals surface area (Å²) in [6.07, 6.45) is 2.29. The second-order valence-electron chi connectivity index (χ2n) is 7.73. The molecule has 1 amide bonds. The van der Waals surface area contributed by atoms with Gasteiger partial charge in [0.2, 0.25) is 5.91 Å². The summed E-state index contributed by atoms with van der Waals surface area (Å²) in [5.41, 5.74) is 1.09. The molecule has 1 aromatic heterocycles. The summed E-state index contributed by atoms with van der Waals surface area (Å²) < 4.78 is 25.6. The molecule has 162 valence electrons. The lowest BCUT2D eigenvalue weighted by atomic mass is 10.1. The molecule has 0 radical (unpaired) electrons. The summed E-state index contributed by atoms with van der Waals surface area (Å²) in [4.78, 5) is 14.8. The van der Waals surface area contributed by atoms with E-state index in [1.54, 1.807) is 6.08 Å². The molecule has 1 aliphatic heterocycles. The first-order valence-corrected chi connectivity index (χ1v) is 12.8. The molecule has 2 aromatic rings. The molecule has 9 heteroatoms. The predicted molar refractivity (Wildman–Crippen MR) is 119 cm³/mol. The predicted octanol–water partition coefficient (Wildman–Crippen LogP) is 2.90. The number of sulfone groups is 1. The van der Waals surface area contributed by atoms with E-state index < -0.39 is 9.84 Å². The van der Waals surface area contributed by atoms with Crippen molar-refractivity contribution >= 4 is 27.5 Å². The third kappa shape index (κ3) is 5.51. The molecule has 0 aliphatic carbocycles. The van der Waals surface area contributed by atoms with Gasteiger partial charge in [-0.05, 0) is 25.8 Å². The Morgan fingerprint density at radius 1 is 1.33 bits per heavy atom. The van der Waals surface area contributed by atoms with Crippen LogP contribution < -0.4 is 0 Å². The Morgan fingerprint density at radius 2 is 2.07 bits per heavy atom. The molecule has 30 heavy (non-hydrogen) atoms. The van der Waals surface area contributed by atoms with Gasteiger partial charge >= 0.3 is 0 Å². The summed E-state index contributed by atoms with van der Waals surface area (Å²) in [5, 5.41) is 9.13. The van der Waals surface area contributed by atoms with Gasteiger partial charge in [0, 0.05) is 25.0 Å². The molecule has 7 nitrogen and oxygen atoms in total. The van der Waals surface area contributed by atoms with Crippen molar-refractivity contribution in [1.29, 1.82) is 0 Å². The summed E-state index contributed by atoms with van der Waals surface area (Å²) in [5.74, 6) is 1.06. The summed E-state index contributed by atoms with van der Waals surface area (Å²) >= 11 is 1.33. The number of carbonyl (C=O) groups excluding carboxylic acids is 1. The Bertz CT molecular complexity index is 987. The number of nitrogens with zero attached hydrogens (tertiary/aromatic N) is 4. The van der Waals surface area contributed by atoms with Crippen molar-refractivity contribution in [2.75, 3.05) is 17.3 Å². The zero-order valence-electron chi connectivity index (χ0n) is 17.4. The Hall–Kier alpha value is -2.13. The van der Waals surface area contributed by atoms with Crippen LogP contribution in [0.3, 0.4) is 0 Å². The van der Waals surface area contributed by atoms with E-state index in [1.165, 1.54) is 11.8 Å². The Morgan fingerprint density at radius 3 is 2.67 bits per heavy atom. The number of amides is 1. The van der Waals surface area contributed by atoms with Crippen LogP contribution in [0.15, 0.2) is 48.1 Å². The number of aromatic nitrogens is 3. The molecule has 1 atom stereocenters. The van der Waals surface area contributed by atoms with E-state index in [4.69, 9.17) is 0 Å². The maximum absolute atomic E-state index is 12.9. The molecule has 0 bridgehead atoms. The molecule has 0 spiro atoms. The molecule has 1 aromatic carbocycles. The van der Waals surface area contributed by atoms with Crippen LogP contribution in [0, 0.1) is 0 Å². The summed E-state index contributed by atoms with van der Waals surface area (Å²) in [6.45, 7) is 8.83. The molecule has 0 N–H and O–H groups in total. The topological polar surface area (TPSA) is 85.2 Å². The number of allylic oxidation sites excluding steroid dienone is 1. The van der Waals surface area contributed by atoms with Crippen LogP contribution in [0.5, 0.6) is 0 Å². The van der Waals surface area contributed by atoms with Gasteiger partial charge in [-0.2, -0.15) is 0 Å².